The van der Waals surface area contributed by atoms with Crippen LogP contribution in [-0.4, -0.2) is 48.1 Å². The quantitative estimate of drug-likeness (QED) is 0.706. The minimum Gasteiger partial charge on any atom is -0.481 e. The van der Waals surface area contributed by atoms with Crippen LogP contribution in [0.3, 0.4) is 0 Å². The number of carboxylic acids is 1. The number of rotatable bonds is 2. The molecular weight excluding hydrogens is 254 g/mol. The van der Waals surface area contributed by atoms with Crippen molar-refractivity contribution in [2.45, 2.75) is 0 Å². The fraction of sp³-hybridized carbons (Fsp3) is 0.455. The smallest absolute Gasteiger partial charge is 0.309 e. The van der Waals surface area contributed by atoms with E-state index >= 15 is 0 Å². The number of carbonyl (C=O) groups excluding carboxylic acids is 1. The van der Waals surface area contributed by atoms with Crippen LogP contribution >= 0.6 is 11.3 Å². The molecule has 0 radical (unpaired) electrons. The Morgan fingerprint density at radius 1 is 1.56 bits per heavy atom. The second-order valence-corrected chi connectivity index (χ2v) is 5.11. The van der Waals surface area contributed by atoms with E-state index in [2.05, 4.69) is 5.32 Å². The summed E-state index contributed by atoms with van der Waals surface area (Å²) in [5, 5.41) is 13.8. The summed E-state index contributed by atoms with van der Waals surface area (Å²) in [7, 11) is 0. The van der Waals surface area contributed by atoms with Crippen LogP contribution in [0.2, 0.25) is 0 Å². The molecular formula is C11H15N3O3S. The zero-order valence-electron chi connectivity index (χ0n) is 9.76. The molecule has 4 N–H and O–H groups in total. The number of hydrogen-bond donors (Lipinski definition) is 3. The lowest BCUT2D eigenvalue weighted by molar-refractivity contribution is -0.141. The van der Waals surface area contributed by atoms with Gasteiger partial charge in [0.1, 0.15) is 4.88 Å². The van der Waals surface area contributed by atoms with E-state index in [-0.39, 0.29) is 12.5 Å². The fourth-order valence-electron chi connectivity index (χ4n) is 1.90. The first-order chi connectivity index (χ1) is 8.59. The molecule has 0 spiro atoms. The van der Waals surface area contributed by atoms with Crippen molar-refractivity contribution in [2.75, 3.05) is 31.9 Å². The number of anilines is 1. The van der Waals surface area contributed by atoms with Crippen molar-refractivity contribution < 1.29 is 14.7 Å². The third kappa shape index (κ3) is 2.62. The van der Waals surface area contributed by atoms with Crippen molar-refractivity contribution in [2.24, 2.45) is 5.92 Å². The summed E-state index contributed by atoms with van der Waals surface area (Å²) in [4.78, 5) is 25.3. The van der Waals surface area contributed by atoms with Gasteiger partial charge in [0, 0.05) is 26.2 Å². The first kappa shape index (κ1) is 12.8. The Hall–Kier alpha value is -1.60. The van der Waals surface area contributed by atoms with E-state index in [0.717, 1.165) is 0 Å². The normalized spacial score (nSPS) is 20.4. The summed E-state index contributed by atoms with van der Waals surface area (Å²) in [6, 6.07) is 1.68. The molecule has 1 atom stereocenters. The molecule has 1 amide bonds. The lowest BCUT2D eigenvalue weighted by Gasteiger charge is -2.21. The molecule has 1 aliphatic rings. The molecule has 1 aromatic heterocycles. The molecule has 0 bridgehead atoms. The summed E-state index contributed by atoms with van der Waals surface area (Å²) in [5.41, 5.74) is 6.17. The van der Waals surface area contributed by atoms with Gasteiger partial charge >= 0.3 is 5.97 Å². The van der Waals surface area contributed by atoms with Crippen molar-refractivity contribution >= 4 is 28.9 Å². The summed E-state index contributed by atoms with van der Waals surface area (Å²) in [6.45, 7) is 1.71. The number of nitrogens with two attached hydrogens (primary N) is 1. The average molecular weight is 269 g/mol. The molecule has 1 aliphatic heterocycles. The third-order valence-corrected chi connectivity index (χ3v) is 3.83. The van der Waals surface area contributed by atoms with Crippen LogP contribution in [0, 0.1) is 5.92 Å². The van der Waals surface area contributed by atoms with E-state index in [4.69, 9.17) is 10.8 Å². The van der Waals surface area contributed by atoms with Gasteiger partial charge in [0.15, 0.2) is 0 Å². The van der Waals surface area contributed by atoms with Crippen molar-refractivity contribution in [1.82, 2.24) is 10.2 Å². The molecule has 0 aliphatic carbocycles. The molecule has 98 valence electrons. The molecule has 0 unspecified atom stereocenters. The molecule has 2 rings (SSSR count). The number of carbonyl (C=O) groups is 2. The predicted octanol–water partition coefficient (Wildman–Crippen LogP) is 0.0765. The molecule has 1 saturated heterocycles. The zero-order valence-corrected chi connectivity index (χ0v) is 10.6. The summed E-state index contributed by atoms with van der Waals surface area (Å²) >= 11 is 1.28. The van der Waals surface area contributed by atoms with Crippen LogP contribution in [0.5, 0.6) is 0 Å². The van der Waals surface area contributed by atoms with E-state index < -0.39 is 11.9 Å². The van der Waals surface area contributed by atoms with Crippen LogP contribution in [0.1, 0.15) is 9.67 Å². The maximum atomic E-state index is 12.2. The van der Waals surface area contributed by atoms with Crippen LogP contribution in [-0.2, 0) is 4.79 Å². The lowest BCUT2D eigenvalue weighted by Crippen LogP contribution is -2.38. The third-order valence-electron chi connectivity index (χ3n) is 2.92. The van der Waals surface area contributed by atoms with Gasteiger partial charge in [-0.05, 0) is 11.4 Å². The molecule has 2 heterocycles. The first-order valence-corrected chi connectivity index (χ1v) is 6.53. The van der Waals surface area contributed by atoms with Gasteiger partial charge in [0.2, 0.25) is 0 Å². The number of nitrogens with one attached hydrogen (secondary N) is 1. The number of aliphatic carboxylic acids is 1. The second kappa shape index (κ2) is 5.36. The highest BCUT2D eigenvalue weighted by Gasteiger charge is 2.28. The monoisotopic (exact) mass is 269 g/mol. The van der Waals surface area contributed by atoms with Gasteiger partial charge in [0.05, 0.1) is 11.6 Å². The Labute approximate surface area is 108 Å². The number of hydrogen-bond acceptors (Lipinski definition) is 5. The van der Waals surface area contributed by atoms with Crippen molar-refractivity contribution in [3.05, 3.63) is 16.3 Å². The fourth-order valence-corrected chi connectivity index (χ4v) is 2.68. The van der Waals surface area contributed by atoms with Crippen LogP contribution < -0.4 is 11.1 Å². The van der Waals surface area contributed by atoms with E-state index in [0.29, 0.717) is 30.2 Å². The minimum atomic E-state index is -0.888. The number of nitrogen functional groups attached to an aromatic ring is 1. The highest BCUT2D eigenvalue weighted by molar-refractivity contribution is 7.12. The molecule has 1 aromatic rings. The van der Waals surface area contributed by atoms with Crippen molar-refractivity contribution in [3.63, 3.8) is 0 Å². The standard InChI is InChI=1S/C11H15N3O3S/c12-8-1-4-18-9(8)10(15)14-3-2-13-5-7(6-14)11(16)17/h1,4,7,13H,2-3,5-6,12H2,(H,16,17)/t7-/m0/s1. The van der Waals surface area contributed by atoms with Gasteiger partial charge in [-0.3, -0.25) is 9.59 Å². The molecule has 0 aromatic carbocycles. The van der Waals surface area contributed by atoms with E-state index in [1.807, 2.05) is 0 Å². The first-order valence-electron chi connectivity index (χ1n) is 5.65. The Balaban J connectivity index is 2.14. The van der Waals surface area contributed by atoms with Crippen LogP contribution in [0.25, 0.3) is 0 Å². The Bertz CT molecular complexity index is 460. The van der Waals surface area contributed by atoms with Gasteiger partial charge in [-0.2, -0.15) is 0 Å². The maximum absolute atomic E-state index is 12.2. The molecule has 18 heavy (non-hydrogen) atoms. The van der Waals surface area contributed by atoms with E-state index in [1.54, 1.807) is 16.3 Å². The number of carboxylic acid groups (broad SMARTS) is 1. The van der Waals surface area contributed by atoms with Crippen LogP contribution in [0.4, 0.5) is 5.69 Å². The average Bonchev–Trinajstić information content (AvgIpc) is 2.63. The van der Waals surface area contributed by atoms with Crippen molar-refractivity contribution in [1.29, 1.82) is 0 Å². The summed E-state index contributed by atoms with van der Waals surface area (Å²) < 4.78 is 0. The highest BCUT2D eigenvalue weighted by atomic mass is 32.1. The second-order valence-electron chi connectivity index (χ2n) is 4.20. The summed E-state index contributed by atoms with van der Waals surface area (Å²) in [5.74, 6) is -1.64. The zero-order chi connectivity index (χ0) is 13.1. The summed E-state index contributed by atoms with van der Waals surface area (Å²) in [6.07, 6.45) is 0. The number of nitrogens with zero attached hydrogens (tertiary/aromatic N) is 1. The molecule has 0 saturated carbocycles. The largest absolute Gasteiger partial charge is 0.481 e. The van der Waals surface area contributed by atoms with Gasteiger partial charge in [-0.15, -0.1) is 11.3 Å². The number of amides is 1. The van der Waals surface area contributed by atoms with E-state index in [9.17, 15) is 9.59 Å². The van der Waals surface area contributed by atoms with Crippen LogP contribution in [0.15, 0.2) is 11.4 Å². The SMILES string of the molecule is Nc1ccsc1C(=O)N1CCNC[C@H](C(=O)O)C1. The molecule has 7 heteroatoms. The van der Waals surface area contributed by atoms with Gasteiger partial charge in [-0.1, -0.05) is 0 Å². The van der Waals surface area contributed by atoms with Gasteiger partial charge < -0.3 is 21.1 Å². The Kier molecular flexibility index (Phi) is 3.83. The van der Waals surface area contributed by atoms with E-state index in [1.165, 1.54) is 11.3 Å². The predicted molar refractivity (Wildman–Crippen MR) is 68.6 cm³/mol. The highest BCUT2D eigenvalue weighted by Crippen LogP contribution is 2.21. The minimum absolute atomic E-state index is 0.183. The lowest BCUT2D eigenvalue weighted by atomic mass is 10.1. The molecule has 6 nitrogen and oxygen atoms in total. The van der Waals surface area contributed by atoms with Gasteiger partial charge in [0.25, 0.3) is 5.91 Å². The number of thiophene rings is 1. The topological polar surface area (TPSA) is 95.7 Å². The van der Waals surface area contributed by atoms with Gasteiger partial charge in [-0.25, -0.2) is 0 Å². The Morgan fingerprint density at radius 3 is 2.94 bits per heavy atom. The molecule has 1 fully saturated rings. The Morgan fingerprint density at radius 2 is 2.33 bits per heavy atom. The maximum Gasteiger partial charge on any atom is 0.309 e. The van der Waals surface area contributed by atoms with Crippen molar-refractivity contribution in [3.8, 4) is 0 Å².